The number of likely N-dealkylation sites (N-methyl/N-ethyl adjacent to an activating group) is 1. The second-order valence-electron chi connectivity index (χ2n) is 6.85. The summed E-state index contributed by atoms with van der Waals surface area (Å²) in [6.45, 7) is 6.37. The van der Waals surface area contributed by atoms with Crippen LogP contribution in [-0.2, 0) is 26.3 Å². The van der Waals surface area contributed by atoms with Crippen LogP contribution in [0.4, 0.5) is 0 Å². The van der Waals surface area contributed by atoms with E-state index in [0.717, 1.165) is 17.5 Å². The molecule has 28 heavy (non-hydrogen) atoms. The van der Waals surface area contributed by atoms with Crippen molar-refractivity contribution in [2.75, 3.05) is 7.05 Å². The van der Waals surface area contributed by atoms with Crippen LogP contribution >= 0.6 is 0 Å². The fourth-order valence-corrected chi connectivity index (χ4v) is 2.82. The second-order valence-corrected chi connectivity index (χ2v) is 8.27. The predicted octanol–water partition coefficient (Wildman–Crippen LogP) is 3.61. The van der Waals surface area contributed by atoms with Crippen LogP contribution < -0.4 is 5.32 Å². The number of aryl methyl sites for hydroxylation is 1. The molecule has 6 nitrogen and oxygen atoms in total. The average Bonchev–Trinajstić information content (AvgIpc) is 2.65. The Morgan fingerprint density at radius 1 is 1.07 bits per heavy atom. The number of hydrogen-bond acceptors (Lipinski definition) is 5. The average molecular weight is 408 g/mol. The zero-order chi connectivity index (χ0) is 21.2. The van der Waals surface area contributed by atoms with Crippen LogP contribution in [0.1, 0.15) is 31.4 Å². The van der Waals surface area contributed by atoms with Gasteiger partial charge in [-0.2, -0.15) is 8.42 Å². The first-order chi connectivity index (χ1) is 13.1. The third-order valence-electron chi connectivity index (χ3n) is 3.88. The molecule has 0 saturated heterocycles. The number of carbonyl (C=O) groups excluding carboxylic acids is 1. The molecule has 154 valence electrons. The summed E-state index contributed by atoms with van der Waals surface area (Å²) in [5.74, 6) is 0.293. The van der Waals surface area contributed by atoms with Crippen molar-refractivity contribution in [3.63, 3.8) is 0 Å². The van der Waals surface area contributed by atoms with Gasteiger partial charge in [0.15, 0.2) is 0 Å². The maximum Gasteiger partial charge on any atom is 0.323 e. The van der Waals surface area contributed by atoms with Gasteiger partial charge in [-0.05, 0) is 44.0 Å². The van der Waals surface area contributed by atoms with Crippen molar-refractivity contribution in [1.82, 2.24) is 5.32 Å². The number of ether oxygens (including phenoxy) is 1. The van der Waals surface area contributed by atoms with E-state index in [2.05, 4.69) is 19.2 Å². The van der Waals surface area contributed by atoms with E-state index in [1.54, 1.807) is 19.2 Å². The van der Waals surface area contributed by atoms with Crippen LogP contribution in [0.3, 0.4) is 0 Å². The summed E-state index contributed by atoms with van der Waals surface area (Å²) >= 11 is 0. The minimum atomic E-state index is -4.02. The molecule has 0 radical (unpaired) electrons. The quantitative estimate of drug-likeness (QED) is 0.538. The SMILES string of the molecule is CN[C@@H](CC(C)C)C(=O)OCc1ccccc1.Cc1ccc(S(=O)(=O)O)cc1. The first kappa shape index (κ1) is 23.8. The number of hydrogen-bond donors (Lipinski definition) is 2. The van der Waals surface area contributed by atoms with Crippen molar-refractivity contribution >= 4 is 16.1 Å². The van der Waals surface area contributed by atoms with Gasteiger partial charge in [0, 0.05) is 0 Å². The molecule has 1 atom stereocenters. The fraction of sp³-hybridized carbons (Fsp3) is 0.381. The van der Waals surface area contributed by atoms with Gasteiger partial charge in [-0.3, -0.25) is 9.35 Å². The van der Waals surface area contributed by atoms with Gasteiger partial charge in [-0.15, -0.1) is 0 Å². The number of nitrogens with one attached hydrogen (secondary N) is 1. The minimum absolute atomic E-state index is 0.0666. The first-order valence-corrected chi connectivity index (χ1v) is 10.5. The summed E-state index contributed by atoms with van der Waals surface area (Å²) in [6, 6.07) is 15.5. The smallest absolute Gasteiger partial charge is 0.323 e. The van der Waals surface area contributed by atoms with Gasteiger partial charge in [0.2, 0.25) is 0 Å². The predicted molar refractivity (Wildman–Crippen MR) is 110 cm³/mol. The largest absolute Gasteiger partial charge is 0.460 e. The van der Waals surface area contributed by atoms with Crippen molar-refractivity contribution in [2.45, 2.75) is 44.7 Å². The lowest BCUT2D eigenvalue weighted by Crippen LogP contribution is -2.36. The van der Waals surface area contributed by atoms with Gasteiger partial charge in [-0.25, -0.2) is 0 Å². The van der Waals surface area contributed by atoms with E-state index in [0.29, 0.717) is 12.5 Å². The molecule has 0 fully saturated rings. The van der Waals surface area contributed by atoms with Gasteiger partial charge in [-0.1, -0.05) is 61.9 Å². The third kappa shape index (κ3) is 9.12. The zero-order valence-corrected chi connectivity index (χ0v) is 17.6. The fourth-order valence-electron chi connectivity index (χ4n) is 2.34. The van der Waals surface area contributed by atoms with Gasteiger partial charge in [0.05, 0.1) is 4.90 Å². The van der Waals surface area contributed by atoms with E-state index in [1.807, 2.05) is 37.3 Å². The Balaban J connectivity index is 0.000000307. The molecule has 0 amide bonds. The molecule has 2 aromatic rings. The molecule has 0 unspecified atom stereocenters. The van der Waals surface area contributed by atoms with E-state index in [-0.39, 0.29) is 16.9 Å². The highest BCUT2D eigenvalue weighted by Gasteiger charge is 2.19. The maximum atomic E-state index is 11.8. The molecule has 0 aliphatic carbocycles. The van der Waals surface area contributed by atoms with E-state index >= 15 is 0 Å². The van der Waals surface area contributed by atoms with Crippen molar-refractivity contribution in [3.8, 4) is 0 Å². The van der Waals surface area contributed by atoms with E-state index in [4.69, 9.17) is 9.29 Å². The van der Waals surface area contributed by atoms with Gasteiger partial charge in [0.25, 0.3) is 10.1 Å². The summed E-state index contributed by atoms with van der Waals surface area (Å²) in [5, 5.41) is 2.99. The molecule has 2 N–H and O–H groups in total. The molecule has 7 heteroatoms. The van der Waals surface area contributed by atoms with Crippen molar-refractivity contribution in [1.29, 1.82) is 0 Å². The Hall–Kier alpha value is -2.22. The van der Waals surface area contributed by atoms with Gasteiger partial charge in [0.1, 0.15) is 12.6 Å². The zero-order valence-electron chi connectivity index (χ0n) is 16.8. The Labute approximate surface area is 167 Å². The topological polar surface area (TPSA) is 92.7 Å². The number of esters is 1. The van der Waals surface area contributed by atoms with Crippen LogP contribution in [0.5, 0.6) is 0 Å². The second kappa shape index (κ2) is 11.6. The lowest BCUT2D eigenvalue weighted by Gasteiger charge is -2.17. The van der Waals surface area contributed by atoms with Gasteiger partial charge < -0.3 is 10.1 Å². The lowest BCUT2D eigenvalue weighted by molar-refractivity contribution is -0.147. The van der Waals surface area contributed by atoms with Crippen LogP contribution in [0, 0.1) is 12.8 Å². The first-order valence-electron chi connectivity index (χ1n) is 9.05. The lowest BCUT2D eigenvalue weighted by atomic mass is 10.0. The molecule has 2 aromatic carbocycles. The summed E-state index contributed by atoms with van der Waals surface area (Å²) in [7, 11) is -2.23. The van der Waals surface area contributed by atoms with Crippen molar-refractivity contribution < 1.29 is 22.5 Å². The molecule has 0 saturated carbocycles. The monoisotopic (exact) mass is 407 g/mol. The highest BCUT2D eigenvalue weighted by atomic mass is 32.2. The van der Waals surface area contributed by atoms with E-state index < -0.39 is 10.1 Å². The molecular formula is C21H29NO5S. The summed E-state index contributed by atoms with van der Waals surface area (Å²) in [6.07, 6.45) is 0.796. The Bertz CT molecular complexity index is 818. The minimum Gasteiger partial charge on any atom is -0.460 e. The third-order valence-corrected chi connectivity index (χ3v) is 4.75. The normalized spacial score (nSPS) is 12.1. The molecule has 0 bridgehead atoms. The Morgan fingerprint density at radius 2 is 1.64 bits per heavy atom. The Kier molecular flexibility index (Phi) is 9.85. The number of rotatable bonds is 7. The number of benzene rings is 2. The highest BCUT2D eigenvalue weighted by molar-refractivity contribution is 7.85. The molecule has 0 spiro atoms. The molecule has 0 heterocycles. The maximum absolute atomic E-state index is 11.8. The van der Waals surface area contributed by atoms with Crippen molar-refractivity contribution in [3.05, 3.63) is 65.7 Å². The van der Waals surface area contributed by atoms with Crippen LogP contribution in [0.25, 0.3) is 0 Å². The molecule has 0 aromatic heterocycles. The highest BCUT2D eigenvalue weighted by Crippen LogP contribution is 2.09. The summed E-state index contributed by atoms with van der Waals surface area (Å²) in [5.41, 5.74) is 1.97. The van der Waals surface area contributed by atoms with Crippen LogP contribution in [0.2, 0.25) is 0 Å². The molecular weight excluding hydrogens is 378 g/mol. The molecule has 0 aliphatic heterocycles. The van der Waals surface area contributed by atoms with Gasteiger partial charge >= 0.3 is 5.97 Å². The van der Waals surface area contributed by atoms with Crippen molar-refractivity contribution in [2.24, 2.45) is 5.92 Å². The van der Waals surface area contributed by atoms with Crippen LogP contribution in [0.15, 0.2) is 59.5 Å². The number of carbonyl (C=O) groups is 1. The summed E-state index contributed by atoms with van der Waals surface area (Å²) in [4.78, 5) is 11.7. The van der Waals surface area contributed by atoms with Crippen LogP contribution in [-0.4, -0.2) is 32.0 Å². The molecule has 0 aliphatic rings. The molecule has 2 rings (SSSR count). The summed E-state index contributed by atoms with van der Waals surface area (Å²) < 4.78 is 34.8. The van der Waals surface area contributed by atoms with E-state index in [1.165, 1.54) is 12.1 Å². The standard InChI is InChI=1S/C14H21NO2.C7H8O3S/c1-11(2)9-13(15-3)14(16)17-10-12-7-5-4-6-8-12;1-6-2-4-7(5-3-6)11(8,9)10/h4-8,11,13,15H,9-10H2,1-3H3;2-5H,1H3,(H,8,9,10)/t13-;/m0./s1. The Morgan fingerprint density at radius 3 is 2.11 bits per heavy atom. The van der Waals surface area contributed by atoms with E-state index in [9.17, 15) is 13.2 Å².